The first-order chi connectivity index (χ1) is 10.1. The summed E-state index contributed by atoms with van der Waals surface area (Å²) in [5.41, 5.74) is 2.89. The second-order valence-corrected chi connectivity index (χ2v) is 8.29. The van der Waals surface area contributed by atoms with Crippen LogP contribution in [0.3, 0.4) is 0 Å². The number of benzene rings is 1. The Hall–Kier alpha value is -1.23. The predicted molar refractivity (Wildman–Crippen MR) is 87.3 cm³/mol. The van der Waals surface area contributed by atoms with Crippen LogP contribution in [0.4, 0.5) is 11.4 Å². The van der Waals surface area contributed by atoms with E-state index in [0.717, 1.165) is 50.6 Å². The van der Waals surface area contributed by atoms with Crippen molar-refractivity contribution < 1.29 is 8.42 Å². The Kier molecular flexibility index (Phi) is 4.11. The highest BCUT2D eigenvalue weighted by Crippen LogP contribution is 2.34. The Morgan fingerprint density at radius 2 is 1.90 bits per heavy atom. The summed E-state index contributed by atoms with van der Waals surface area (Å²) in [7, 11) is -3.28. The van der Waals surface area contributed by atoms with Crippen LogP contribution < -0.4 is 10.0 Å². The highest BCUT2D eigenvalue weighted by Gasteiger charge is 2.28. The van der Waals surface area contributed by atoms with Crippen molar-refractivity contribution in [1.29, 1.82) is 0 Å². The minimum Gasteiger partial charge on any atom is -0.381 e. The molecule has 116 valence electrons. The fraction of sp³-hybridized carbons (Fsp3) is 0.625. The van der Waals surface area contributed by atoms with E-state index in [2.05, 4.69) is 23.0 Å². The summed E-state index contributed by atoms with van der Waals surface area (Å²) in [6, 6.07) is 6.27. The lowest BCUT2D eigenvalue weighted by Crippen LogP contribution is -2.31. The number of aryl methyl sites for hydroxylation is 1. The molecule has 3 rings (SSSR count). The van der Waals surface area contributed by atoms with Crippen LogP contribution in [-0.2, 0) is 16.4 Å². The van der Waals surface area contributed by atoms with Crippen molar-refractivity contribution in [2.24, 2.45) is 0 Å². The molecule has 0 radical (unpaired) electrons. The molecule has 0 amide bonds. The van der Waals surface area contributed by atoms with Gasteiger partial charge in [0.05, 0.1) is 16.6 Å². The summed E-state index contributed by atoms with van der Waals surface area (Å²) >= 11 is 0. The van der Waals surface area contributed by atoms with E-state index in [1.807, 2.05) is 12.1 Å². The lowest BCUT2D eigenvalue weighted by molar-refractivity contribution is 0.486. The van der Waals surface area contributed by atoms with Gasteiger partial charge in [0.15, 0.2) is 0 Å². The summed E-state index contributed by atoms with van der Waals surface area (Å²) in [5, 5.41) is 3.19. The smallest absolute Gasteiger partial charge is 0.235 e. The molecule has 2 aliphatic rings. The highest BCUT2D eigenvalue weighted by molar-refractivity contribution is 7.93. The number of anilines is 2. The Bertz CT molecular complexity index is 607. The van der Waals surface area contributed by atoms with Crippen LogP contribution in [0.2, 0.25) is 0 Å². The van der Waals surface area contributed by atoms with E-state index in [0.29, 0.717) is 11.7 Å². The molecular weight excluding hydrogens is 284 g/mol. The monoisotopic (exact) mass is 308 g/mol. The summed E-state index contributed by atoms with van der Waals surface area (Å²) in [6.07, 6.45) is 6.87. The van der Waals surface area contributed by atoms with E-state index in [1.54, 1.807) is 0 Å². The standard InChI is InChI=1S/C16H24N2O2S/c1-12-10-11-13-6-5-9-15(16(13)17-12)18-21(19,20)14-7-3-2-4-8-14/h5-6,9,12,14,17-18H,2-4,7-8,10-11H2,1H3. The number of nitrogens with one attached hydrogen (secondary N) is 2. The molecule has 1 aromatic carbocycles. The topological polar surface area (TPSA) is 58.2 Å². The molecule has 1 aliphatic heterocycles. The molecule has 1 atom stereocenters. The maximum Gasteiger partial charge on any atom is 0.235 e. The van der Waals surface area contributed by atoms with Gasteiger partial charge in [-0.3, -0.25) is 4.72 Å². The van der Waals surface area contributed by atoms with Crippen molar-refractivity contribution in [3.8, 4) is 0 Å². The fourth-order valence-electron chi connectivity index (χ4n) is 3.37. The molecule has 0 spiro atoms. The van der Waals surface area contributed by atoms with Gasteiger partial charge in [-0.05, 0) is 44.2 Å². The van der Waals surface area contributed by atoms with Crippen LogP contribution in [0.5, 0.6) is 0 Å². The van der Waals surface area contributed by atoms with Gasteiger partial charge in [0, 0.05) is 6.04 Å². The minimum absolute atomic E-state index is 0.233. The molecule has 1 fully saturated rings. The number of sulfonamides is 1. The van der Waals surface area contributed by atoms with E-state index in [1.165, 1.54) is 5.56 Å². The molecule has 1 unspecified atom stereocenters. The molecule has 4 nitrogen and oxygen atoms in total. The van der Waals surface area contributed by atoms with Gasteiger partial charge >= 0.3 is 0 Å². The molecule has 0 bridgehead atoms. The summed E-state index contributed by atoms with van der Waals surface area (Å²) in [6.45, 7) is 2.13. The van der Waals surface area contributed by atoms with E-state index in [4.69, 9.17) is 0 Å². The largest absolute Gasteiger partial charge is 0.381 e. The van der Waals surface area contributed by atoms with Crippen molar-refractivity contribution in [2.75, 3.05) is 10.0 Å². The van der Waals surface area contributed by atoms with Crippen LogP contribution in [0, 0.1) is 0 Å². The molecule has 5 heteroatoms. The lowest BCUT2D eigenvalue weighted by Gasteiger charge is -2.28. The Morgan fingerprint density at radius 1 is 1.14 bits per heavy atom. The number of hydrogen-bond acceptors (Lipinski definition) is 3. The normalized spacial score (nSPS) is 23.2. The zero-order chi connectivity index (χ0) is 14.9. The molecule has 1 heterocycles. The van der Waals surface area contributed by atoms with Crippen LogP contribution in [0.1, 0.15) is 51.0 Å². The third-order valence-electron chi connectivity index (χ3n) is 4.63. The predicted octanol–water partition coefficient (Wildman–Crippen LogP) is 3.51. The van der Waals surface area contributed by atoms with Gasteiger partial charge in [0.1, 0.15) is 0 Å². The zero-order valence-electron chi connectivity index (χ0n) is 12.6. The lowest BCUT2D eigenvalue weighted by atomic mass is 9.98. The molecule has 0 aromatic heterocycles. The maximum atomic E-state index is 12.6. The van der Waals surface area contributed by atoms with Gasteiger partial charge in [-0.2, -0.15) is 0 Å². The molecule has 2 N–H and O–H groups in total. The van der Waals surface area contributed by atoms with Crippen LogP contribution in [-0.4, -0.2) is 19.7 Å². The molecule has 0 saturated heterocycles. The van der Waals surface area contributed by atoms with Crippen LogP contribution >= 0.6 is 0 Å². The van der Waals surface area contributed by atoms with Crippen LogP contribution in [0.25, 0.3) is 0 Å². The second-order valence-electron chi connectivity index (χ2n) is 6.33. The number of rotatable bonds is 3. The molecule has 1 aliphatic carbocycles. The SMILES string of the molecule is CC1CCc2cccc(NS(=O)(=O)C3CCCCC3)c2N1. The first kappa shape index (κ1) is 14.7. The van der Waals surface area contributed by atoms with E-state index < -0.39 is 10.0 Å². The molecular formula is C16H24N2O2S. The van der Waals surface area contributed by atoms with Gasteiger partial charge < -0.3 is 5.32 Å². The van der Waals surface area contributed by atoms with E-state index >= 15 is 0 Å². The summed E-state index contributed by atoms with van der Waals surface area (Å²) < 4.78 is 28.0. The fourth-order valence-corrected chi connectivity index (χ4v) is 4.96. The van der Waals surface area contributed by atoms with Crippen molar-refractivity contribution in [3.63, 3.8) is 0 Å². The van der Waals surface area contributed by atoms with Gasteiger partial charge in [0.2, 0.25) is 10.0 Å². The van der Waals surface area contributed by atoms with Crippen molar-refractivity contribution in [3.05, 3.63) is 23.8 Å². The third-order valence-corrected chi connectivity index (χ3v) is 6.48. The maximum absolute atomic E-state index is 12.6. The molecule has 1 aromatic rings. The zero-order valence-corrected chi connectivity index (χ0v) is 13.4. The Labute approximate surface area is 127 Å². The quantitative estimate of drug-likeness (QED) is 0.898. The van der Waals surface area contributed by atoms with Crippen molar-refractivity contribution >= 4 is 21.4 Å². The second kappa shape index (κ2) is 5.87. The van der Waals surface area contributed by atoms with Gasteiger partial charge in [-0.15, -0.1) is 0 Å². The average molecular weight is 308 g/mol. The first-order valence-corrected chi connectivity index (χ1v) is 9.51. The molecule has 1 saturated carbocycles. The van der Waals surface area contributed by atoms with Crippen LogP contribution in [0.15, 0.2) is 18.2 Å². The van der Waals surface area contributed by atoms with Gasteiger partial charge in [-0.25, -0.2) is 8.42 Å². The molecule has 21 heavy (non-hydrogen) atoms. The number of hydrogen-bond donors (Lipinski definition) is 2. The van der Waals surface area contributed by atoms with Gasteiger partial charge in [-0.1, -0.05) is 31.4 Å². The van der Waals surface area contributed by atoms with Gasteiger partial charge in [0.25, 0.3) is 0 Å². The Balaban J connectivity index is 1.84. The summed E-state index contributed by atoms with van der Waals surface area (Å²) in [5.74, 6) is 0. The van der Waals surface area contributed by atoms with Crippen molar-refractivity contribution in [2.45, 2.75) is 63.2 Å². The minimum atomic E-state index is -3.28. The van der Waals surface area contributed by atoms with E-state index in [9.17, 15) is 8.42 Å². The average Bonchev–Trinajstić information content (AvgIpc) is 2.48. The first-order valence-electron chi connectivity index (χ1n) is 7.96. The Morgan fingerprint density at radius 3 is 2.67 bits per heavy atom. The highest BCUT2D eigenvalue weighted by atomic mass is 32.2. The van der Waals surface area contributed by atoms with Crippen molar-refractivity contribution in [1.82, 2.24) is 0 Å². The number of fused-ring (bicyclic) bond motifs is 1. The number of para-hydroxylation sites is 1. The summed E-state index contributed by atoms with van der Waals surface area (Å²) in [4.78, 5) is 0. The van der Waals surface area contributed by atoms with E-state index in [-0.39, 0.29) is 5.25 Å². The third kappa shape index (κ3) is 3.18.